The van der Waals surface area contributed by atoms with Crippen LogP contribution in [0, 0.1) is 0 Å². The normalized spacial score (nSPS) is 39.9. The molecule has 0 spiro atoms. The first-order chi connectivity index (χ1) is 7.65. The van der Waals surface area contributed by atoms with E-state index in [4.69, 9.17) is 24.7 Å². The van der Waals surface area contributed by atoms with Crippen LogP contribution in [0.1, 0.15) is 6.92 Å². The highest BCUT2D eigenvalue weighted by Gasteiger charge is 2.44. The lowest BCUT2D eigenvalue weighted by Crippen LogP contribution is -2.63. The molecule has 0 saturated carbocycles. The summed E-state index contributed by atoms with van der Waals surface area (Å²) in [4.78, 5) is 0. The van der Waals surface area contributed by atoms with Gasteiger partial charge in [0.25, 0.3) is 0 Å². The van der Waals surface area contributed by atoms with Crippen molar-refractivity contribution in [2.75, 3.05) is 27.4 Å². The molecule has 1 aliphatic rings. The maximum atomic E-state index is 9.62. The molecule has 0 bridgehead atoms. The van der Waals surface area contributed by atoms with Crippen LogP contribution >= 0.6 is 0 Å². The van der Waals surface area contributed by atoms with Crippen molar-refractivity contribution in [3.63, 3.8) is 0 Å². The van der Waals surface area contributed by atoms with Crippen LogP contribution in [0.5, 0.6) is 0 Å². The number of hydrogen-bond donors (Lipinski definition) is 2. The quantitative estimate of drug-likeness (QED) is 0.642. The third kappa shape index (κ3) is 2.91. The van der Waals surface area contributed by atoms with Gasteiger partial charge in [-0.2, -0.15) is 0 Å². The Hall–Kier alpha value is -0.240. The molecule has 1 aliphatic heterocycles. The van der Waals surface area contributed by atoms with E-state index in [1.807, 2.05) is 6.92 Å². The van der Waals surface area contributed by atoms with E-state index in [1.54, 1.807) is 7.11 Å². The van der Waals surface area contributed by atoms with Gasteiger partial charge in [0.15, 0.2) is 6.29 Å². The minimum absolute atomic E-state index is 0.338. The van der Waals surface area contributed by atoms with Crippen molar-refractivity contribution in [2.24, 2.45) is 5.73 Å². The van der Waals surface area contributed by atoms with Gasteiger partial charge in [0.2, 0.25) is 0 Å². The van der Waals surface area contributed by atoms with Gasteiger partial charge < -0.3 is 29.8 Å². The molecule has 1 heterocycles. The zero-order valence-electron chi connectivity index (χ0n) is 9.96. The van der Waals surface area contributed by atoms with Gasteiger partial charge in [0.05, 0.1) is 12.6 Å². The van der Waals surface area contributed by atoms with Crippen molar-refractivity contribution < 1.29 is 24.1 Å². The molecule has 0 aliphatic carbocycles. The molecule has 5 atom stereocenters. The Kier molecular flexibility index (Phi) is 5.60. The molecule has 6 nitrogen and oxygen atoms in total. The van der Waals surface area contributed by atoms with Gasteiger partial charge in [-0.25, -0.2) is 0 Å². The first kappa shape index (κ1) is 13.8. The molecule has 0 aromatic heterocycles. The predicted molar refractivity (Wildman–Crippen MR) is 56.9 cm³/mol. The summed E-state index contributed by atoms with van der Waals surface area (Å²) in [5.41, 5.74) is 5.77. The summed E-state index contributed by atoms with van der Waals surface area (Å²) in [5, 5.41) is 9.62. The minimum Gasteiger partial charge on any atom is -0.379 e. The van der Waals surface area contributed by atoms with Crippen LogP contribution < -0.4 is 5.73 Å². The fourth-order valence-corrected chi connectivity index (χ4v) is 1.89. The Labute approximate surface area is 95.6 Å². The SMILES string of the molecule is CCOC[C@H]1OC(O)[C@H](N)[C@@H](OC)[C@@H]1OC. The lowest BCUT2D eigenvalue weighted by atomic mass is 9.97. The average molecular weight is 235 g/mol. The third-order valence-corrected chi connectivity index (χ3v) is 2.74. The van der Waals surface area contributed by atoms with E-state index >= 15 is 0 Å². The topological polar surface area (TPSA) is 83.2 Å². The van der Waals surface area contributed by atoms with Crippen LogP contribution in [0.25, 0.3) is 0 Å². The van der Waals surface area contributed by atoms with Gasteiger partial charge in [-0.15, -0.1) is 0 Å². The van der Waals surface area contributed by atoms with Crippen LogP contribution in [0.4, 0.5) is 0 Å². The number of hydrogen-bond acceptors (Lipinski definition) is 6. The van der Waals surface area contributed by atoms with E-state index in [0.717, 1.165) is 0 Å². The number of aliphatic hydroxyl groups excluding tert-OH is 1. The van der Waals surface area contributed by atoms with Crippen LogP contribution in [-0.2, 0) is 18.9 Å². The van der Waals surface area contributed by atoms with Gasteiger partial charge in [0.1, 0.15) is 18.3 Å². The molecule has 1 rings (SSSR count). The van der Waals surface area contributed by atoms with Gasteiger partial charge in [0, 0.05) is 20.8 Å². The third-order valence-electron chi connectivity index (χ3n) is 2.74. The number of nitrogens with two attached hydrogens (primary N) is 1. The summed E-state index contributed by atoms with van der Waals surface area (Å²) in [5.74, 6) is 0. The highest BCUT2D eigenvalue weighted by molar-refractivity contribution is 4.92. The Morgan fingerprint density at radius 2 is 1.88 bits per heavy atom. The van der Waals surface area contributed by atoms with E-state index in [2.05, 4.69) is 0 Å². The second-order valence-corrected chi connectivity index (χ2v) is 3.70. The summed E-state index contributed by atoms with van der Waals surface area (Å²) in [6, 6.07) is -0.618. The van der Waals surface area contributed by atoms with Crippen LogP contribution in [0.2, 0.25) is 0 Å². The molecule has 0 radical (unpaired) electrons. The number of methoxy groups -OCH3 is 2. The van der Waals surface area contributed by atoms with E-state index in [1.165, 1.54) is 7.11 Å². The zero-order chi connectivity index (χ0) is 12.1. The standard InChI is InChI=1S/C10H21NO5/c1-4-15-5-6-8(13-2)9(14-3)7(11)10(12)16-6/h6-10,12H,4-5,11H2,1-3H3/t6-,7-,8-,9-,10?/m1/s1. The minimum atomic E-state index is -1.05. The molecule has 96 valence electrons. The van der Waals surface area contributed by atoms with Crippen molar-refractivity contribution in [1.29, 1.82) is 0 Å². The Bertz CT molecular complexity index is 204. The van der Waals surface area contributed by atoms with Crippen LogP contribution in [0.15, 0.2) is 0 Å². The summed E-state index contributed by atoms with van der Waals surface area (Å²) in [6.45, 7) is 2.81. The number of rotatable bonds is 5. The molecule has 0 amide bonds. The second-order valence-electron chi connectivity index (χ2n) is 3.70. The lowest BCUT2D eigenvalue weighted by Gasteiger charge is -2.42. The lowest BCUT2D eigenvalue weighted by molar-refractivity contribution is -0.260. The van der Waals surface area contributed by atoms with Crippen molar-refractivity contribution in [3.8, 4) is 0 Å². The van der Waals surface area contributed by atoms with E-state index < -0.39 is 18.4 Å². The highest BCUT2D eigenvalue weighted by atomic mass is 16.6. The molecule has 0 aromatic carbocycles. The summed E-state index contributed by atoms with van der Waals surface area (Å²) < 4.78 is 21.1. The van der Waals surface area contributed by atoms with E-state index in [0.29, 0.717) is 13.2 Å². The molecule has 1 unspecified atom stereocenters. The highest BCUT2D eigenvalue weighted by Crippen LogP contribution is 2.23. The fraction of sp³-hybridized carbons (Fsp3) is 1.00. The molecule has 1 saturated heterocycles. The van der Waals surface area contributed by atoms with Crippen molar-refractivity contribution in [3.05, 3.63) is 0 Å². The van der Waals surface area contributed by atoms with E-state index in [9.17, 15) is 5.11 Å². The van der Waals surface area contributed by atoms with Crippen LogP contribution in [-0.4, -0.2) is 63.2 Å². The van der Waals surface area contributed by atoms with Gasteiger partial charge in [-0.05, 0) is 6.92 Å². The maximum Gasteiger partial charge on any atom is 0.173 e. The van der Waals surface area contributed by atoms with Crippen LogP contribution in [0.3, 0.4) is 0 Å². The molecule has 3 N–H and O–H groups in total. The first-order valence-corrected chi connectivity index (χ1v) is 5.38. The maximum absolute atomic E-state index is 9.62. The molecule has 0 aromatic rings. The van der Waals surface area contributed by atoms with Crippen molar-refractivity contribution in [2.45, 2.75) is 37.6 Å². The first-order valence-electron chi connectivity index (χ1n) is 5.38. The molecule has 16 heavy (non-hydrogen) atoms. The Morgan fingerprint density at radius 3 is 2.38 bits per heavy atom. The zero-order valence-corrected chi connectivity index (χ0v) is 9.96. The predicted octanol–water partition coefficient (Wildman–Crippen LogP) is -0.903. The largest absolute Gasteiger partial charge is 0.379 e. The number of aliphatic hydroxyl groups is 1. The molecule has 6 heteroatoms. The Morgan fingerprint density at radius 1 is 1.25 bits per heavy atom. The van der Waals surface area contributed by atoms with Crippen molar-refractivity contribution in [1.82, 2.24) is 0 Å². The van der Waals surface area contributed by atoms with Gasteiger partial charge in [-0.1, -0.05) is 0 Å². The average Bonchev–Trinajstić information content (AvgIpc) is 2.29. The van der Waals surface area contributed by atoms with Gasteiger partial charge in [-0.3, -0.25) is 0 Å². The molecular weight excluding hydrogens is 214 g/mol. The fourth-order valence-electron chi connectivity index (χ4n) is 1.89. The van der Waals surface area contributed by atoms with Gasteiger partial charge >= 0.3 is 0 Å². The van der Waals surface area contributed by atoms with E-state index in [-0.39, 0.29) is 12.2 Å². The molecular formula is C10H21NO5. The smallest absolute Gasteiger partial charge is 0.173 e. The second kappa shape index (κ2) is 6.48. The van der Waals surface area contributed by atoms with Crippen molar-refractivity contribution >= 4 is 0 Å². The monoisotopic (exact) mass is 235 g/mol. The molecule has 1 fully saturated rings. The Balaban J connectivity index is 2.68. The number of ether oxygens (including phenoxy) is 4. The summed E-state index contributed by atoms with van der Waals surface area (Å²) in [7, 11) is 3.09. The summed E-state index contributed by atoms with van der Waals surface area (Å²) >= 11 is 0. The summed E-state index contributed by atoms with van der Waals surface area (Å²) in [6.07, 6.45) is -2.17.